The van der Waals surface area contributed by atoms with E-state index in [9.17, 15) is 9.59 Å². The Kier molecular flexibility index (Phi) is 6.35. The highest BCUT2D eigenvalue weighted by atomic mass is 16.4. The van der Waals surface area contributed by atoms with Crippen molar-refractivity contribution in [2.45, 2.75) is 47.0 Å². The van der Waals surface area contributed by atoms with Gasteiger partial charge in [0.2, 0.25) is 0 Å². The maximum Gasteiger partial charge on any atom is 0.338 e. The standard InChI is InChI=1S/C18H24O3/c1-12(2)10-15-8-9-16(13(3)11-15)6-5-7-17(14(4)19)18(20)21/h7-9,11-12H,5-6,10H2,1-4H3,(H,20,21)/b17-7+. The maximum atomic E-state index is 11.2. The third kappa shape index (κ3) is 5.54. The number of aliphatic carboxylic acids is 1. The van der Waals surface area contributed by atoms with Gasteiger partial charge in [-0.1, -0.05) is 38.1 Å². The average molecular weight is 288 g/mol. The molecule has 0 spiro atoms. The number of carboxylic acid groups (broad SMARTS) is 1. The van der Waals surface area contributed by atoms with Crippen LogP contribution in [0.2, 0.25) is 0 Å². The molecule has 0 amide bonds. The summed E-state index contributed by atoms with van der Waals surface area (Å²) in [6, 6.07) is 6.44. The Morgan fingerprint density at radius 1 is 1.29 bits per heavy atom. The van der Waals surface area contributed by atoms with E-state index < -0.39 is 11.8 Å². The second-order valence-corrected chi connectivity index (χ2v) is 5.88. The molecule has 0 radical (unpaired) electrons. The predicted molar refractivity (Wildman–Crippen MR) is 84.4 cm³/mol. The van der Waals surface area contributed by atoms with Gasteiger partial charge in [0.15, 0.2) is 5.78 Å². The summed E-state index contributed by atoms with van der Waals surface area (Å²) in [5.74, 6) is -0.912. The van der Waals surface area contributed by atoms with Crippen LogP contribution in [-0.2, 0) is 22.4 Å². The second kappa shape index (κ2) is 7.77. The van der Waals surface area contributed by atoms with Gasteiger partial charge >= 0.3 is 5.97 Å². The van der Waals surface area contributed by atoms with Crippen LogP contribution in [0.4, 0.5) is 0 Å². The van der Waals surface area contributed by atoms with Crippen LogP contribution in [0.25, 0.3) is 0 Å². The Balaban J connectivity index is 2.74. The van der Waals surface area contributed by atoms with Crippen LogP contribution in [0.1, 0.15) is 43.9 Å². The number of Topliss-reactive ketones (excluding diaryl/α,β-unsaturated/α-hetero) is 1. The van der Waals surface area contributed by atoms with E-state index in [1.54, 1.807) is 0 Å². The number of hydrogen-bond donors (Lipinski definition) is 1. The van der Waals surface area contributed by atoms with Gasteiger partial charge in [-0.25, -0.2) is 4.79 Å². The SMILES string of the molecule is CC(=O)/C(=C\CCc1ccc(CC(C)C)cc1C)C(=O)O. The van der Waals surface area contributed by atoms with Crippen molar-refractivity contribution in [1.29, 1.82) is 0 Å². The van der Waals surface area contributed by atoms with Gasteiger partial charge < -0.3 is 5.11 Å². The van der Waals surface area contributed by atoms with Gasteiger partial charge in [0.25, 0.3) is 0 Å². The van der Waals surface area contributed by atoms with Gasteiger partial charge in [0.1, 0.15) is 0 Å². The molecule has 21 heavy (non-hydrogen) atoms. The molecule has 0 fully saturated rings. The van der Waals surface area contributed by atoms with Crippen molar-refractivity contribution < 1.29 is 14.7 Å². The molecule has 0 saturated heterocycles. The van der Waals surface area contributed by atoms with Crippen molar-refractivity contribution in [2.24, 2.45) is 5.92 Å². The van der Waals surface area contributed by atoms with Gasteiger partial charge in [0.05, 0.1) is 5.57 Å². The third-order valence-electron chi connectivity index (χ3n) is 3.42. The molecule has 0 atom stereocenters. The zero-order valence-corrected chi connectivity index (χ0v) is 13.3. The summed E-state index contributed by atoms with van der Waals surface area (Å²) < 4.78 is 0. The molecular formula is C18H24O3. The number of rotatable bonds is 7. The fourth-order valence-corrected chi connectivity index (χ4v) is 2.39. The largest absolute Gasteiger partial charge is 0.478 e. The first-order valence-electron chi connectivity index (χ1n) is 7.34. The smallest absolute Gasteiger partial charge is 0.338 e. The van der Waals surface area contributed by atoms with E-state index in [1.807, 2.05) is 0 Å². The highest BCUT2D eigenvalue weighted by Gasteiger charge is 2.11. The predicted octanol–water partition coefficient (Wildman–Crippen LogP) is 3.73. The van der Waals surface area contributed by atoms with Crippen LogP contribution in [-0.4, -0.2) is 16.9 Å². The minimum absolute atomic E-state index is 0.121. The van der Waals surface area contributed by atoms with E-state index in [0.29, 0.717) is 12.3 Å². The lowest BCUT2D eigenvalue weighted by Crippen LogP contribution is -2.08. The lowest BCUT2D eigenvalue weighted by molar-refractivity contribution is -0.134. The minimum Gasteiger partial charge on any atom is -0.478 e. The zero-order chi connectivity index (χ0) is 16.0. The van der Waals surface area contributed by atoms with E-state index in [-0.39, 0.29) is 5.57 Å². The first-order valence-corrected chi connectivity index (χ1v) is 7.34. The molecule has 3 heteroatoms. The number of hydrogen-bond acceptors (Lipinski definition) is 2. The maximum absolute atomic E-state index is 11.2. The molecule has 3 nitrogen and oxygen atoms in total. The summed E-state index contributed by atoms with van der Waals surface area (Å²) in [5.41, 5.74) is 3.63. The number of carbonyl (C=O) groups is 2. The molecule has 0 aliphatic carbocycles. The average Bonchev–Trinajstić information content (AvgIpc) is 2.34. The summed E-state index contributed by atoms with van der Waals surface area (Å²) in [6.45, 7) is 7.75. The number of ketones is 1. The van der Waals surface area contributed by atoms with Crippen molar-refractivity contribution in [3.05, 3.63) is 46.5 Å². The Morgan fingerprint density at radius 2 is 1.95 bits per heavy atom. The molecule has 0 unspecified atom stereocenters. The number of carbonyl (C=O) groups excluding carboxylic acids is 1. The van der Waals surface area contributed by atoms with E-state index in [0.717, 1.165) is 12.8 Å². The van der Waals surface area contributed by atoms with Gasteiger partial charge in [0, 0.05) is 0 Å². The second-order valence-electron chi connectivity index (χ2n) is 5.88. The zero-order valence-electron chi connectivity index (χ0n) is 13.3. The fourth-order valence-electron chi connectivity index (χ4n) is 2.39. The molecule has 1 N–H and O–H groups in total. The molecule has 0 heterocycles. The van der Waals surface area contributed by atoms with E-state index in [1.165, 1.54) is 29.7 Å². The minimum atomic E-state index is -1.15. The molecule has 0 aliphatic heterocycles. The molecule has 1 aromatic rings. The summed E-state index contributed by atoms with van der Waals surface area (Å²) in [6.07, 6.45) is 3.89. The van der Waals surface area contributed by atoms with Gasteiger partial charge in [-0.05, 0) is 55.7 Å². The van der Waals surface area contributed by atoms with Crippen molar-refractivity contribution in [3.8, 4) is 0 Å². The van der Waals surface area contributed by atoms with Crippen LogP contribution in [0, 0.1) is 12.8 Å². The molecule has 0 saturated carbocycles. The number of benzene rings is 1. The van der Waals surface area contributed by atoms with E-state index in [2.05, 4.69) is 39.0 Å². The van der Waals surface area contributed by atoms with E-state index >= 15 is 0 Å². The van der Waals surface area contributed by atoms with Crippen LogP contribution in [0.3, 0.4) is 0 Å². The van der Waals surface area contributed by atoms with E-state index in [4.69, 9.17) is 5.11 Å². The molecular weight excluding hydrogens is 264 g/mol. The summed E-state index contributed by atoms with van der Waals surface area (Å²) in [4.78, 5) is 22.1. The first-order chi connectivity index (χ1) is 9.81. The van der Waals surface area contributed by atoms with Gasteiger partial charge in [-0.3, -0.25) is 4.79 Å². The van der Waals surface area contributed by atoms with Crippen LogP contribution >= 0.6 is 0 Å². The first kappa shape index (κ1) is 17.2. The monoisotopic (exact) mass is 288 g/mol. The summed E-state index contributed by atoms with van der Waals surface area (Å²) >= 11 is 0. The molecule has 0 aromatic heterocycles. The highest BCUT2D eigenvalue weighted by Crippen LogP contribution is 2.16. The normalized spacial score (nSPS) is 11.8. The summed E-state index contributed by atoms with van der Waals surface area (Å²) in [7, 11) is 0. The molecule has 114 valence electrons. The van der Waals surface area contributed by atoms with Gasteiger partial charge in [-0.2, -0.15) is 0 Å². The Labute approximate surface area is 126 Å². The lowest BCUT2D eigenvalue weighted by atomic mass is 9.96. The van der Waals surface area contributed by atoms with Gasteiger partial charge in [-0.15, -0.1) is 0 Å². The number of aryl methyl sites for hydroxylation is 2. The topological polar surface area (TPSA) is 54.4 Å². The van der Waals surface area contributed by atoms with Crippen molar-refractivity contribution in [3.63, 3.8) is 0 Å². The van der Waals surface area contributed by atoms with Crippen molar-refractivity contribution >= 4 is 11.8 Å². The third-order valence-corrected chi connectivity index (χ3v) is 3.42. The molecule has 1 aromatic carbocycles. The van der Waals surface area contributed by atoms with Crippen LogP contribution in [0.15, 0.2) is 29.8 Å². The van der Waals surface area contributed by atoms with Crippen LogP contribution in [0.5, 0.6) is 0 Å². The quantitative estimate of drug-likeness (QED) is 0.472. The lowest BCUT2D eigenvalue weighted by Gasteiger charge is -2.09. The van der Waals surface area contributed by atoms with Crippen LogP contribution < -0.4 is 0 Å². The number of carboxylic acids is 1. The highest BCUT2D eigenvalue weighted by molar-refractivity contribution is 6.15. The Bertz CT molecular complexity index is 538. The molecule has 0 aliphatic rings. The Morgan fingerprint density at radius 3 is 2.43 bits per heavy atom. The summed E-state index contributed by atoms with van der Waals surface area (Å²) in [5, 5.41) is 8.93. The fraction of sp³-hybridized carbons (Fsp3) is 0.444. The van der Waals surface area contributed by atoms with Crippen molar-refractivity contribution in [2.75, 3.05) is 0 Å². The molecule has 0 bridgehead atoms. The Hall–Kier alpha value is -1.90. The number of allylic oxidation sites excluding steroid dienone is 1. The molecule has 1 rings (SSSR count). The van der Waals surface area contributed by atoms with Crippen molar-refractivity contribution in [1.82, 2.24) is 0 Å².